The predicted octanol–water partition coefficient (Wildman–Crippen LogP) is 4.12. The van der Waals surface area contributed by atoms with E-state index >= 15 is 0 Å². The van der Waals surface area contributed by atoms with Gasteiger partial charge in [0, 0.05) is 17.3 Å². The minimum Gasteiger partial charge on any atom is -0.347 e. The number of carbonyl (C=O) groups is 1. The third kappa shape index (κ3) is 3.49. The first kappa shape index (κ1) is 16.7. The van der Waals surface area contributed by atoms with E-state index in [1.807, 2.05) is 36.3 Å². The van der Waals surface area contributed by atoms with Gasteiger partial charge in [-0.2, -0.15) is 0 Å². The number of rotatable bonds is 5. The zero-order valence-electron chi connectivity index (χ0n) is 13.4. The number of likely N-dealkylation sites (N-methyl/N-ethyl adjacent to an activating group) is 1. The maximum absolute atomic E-state index is 12.5. The number of nitrogens with zero attached hydrogens (tertiary/aromatic N) is 3. The van der Waals surface area contributed by atoms with Crippen molar-refractivity contribution in [1.29, 1.82) is 0 Å². The number of carbonyl (C=O) groups excluding carboxylic acids is 1. The Bertz CT molecular complexity index is 880. The van der Waals surface area contributed by atoms with Crippen LogP contribution < -0.4 is 10.2 Å². The lowest BCUT2D eigenvalue weighted by Gasteiger charge is -2.22. The molecule has 0 radical (unpaired) electrons. The van der Waals surface area contributed by atoms with Crippen molar-refractivity contribution in [1.82, 2.24) is 9.97 Å². The highest BCUT2D eigenvalue weighted by Crippen LogP contribution is 2.26. The molecule has 1 amide bonds. The second-order valence-corrected chi connectivity index (χ2v) is 6.69. The predicted molar refractivity (Wildman–Crippen MR) is 100 cm³/mol. The molecule has 7 heteroatoms. The number of hydrogen-bond donors (Lipinski definition) is 1. The van der Waals surface area contributed by atoms with Crippen molar-refractivity contribution in [2.75, 3.05) is 23.3 Å². The number of halogens is 1. The number of thiophene rings is 1. The fourth-order valence-electron chi connectivity index (χ4n) is 2.46. The first-order chi connectivity index (χ1) is 11.6. The van der Waals surface area contributed by atoms with Crippen molar-refractivity contribution in [3.63, 3.8) is 0 Å². The molecule has 0 saturated heterocycles. The van der Waals surface area contributed by atoms with Crippen LogP contribution in [0.15, 0.2) is 36.0 Å². The summed E-state index contributed by atoms with van der Waals surface area (Å²) in [6.07, 6.45) is 1.54. The van der Waals surface area contributed by atoms with Gasteiger partial charge in [-0.05, 0) is 43.0 Å². The van der Waals surface area contributed by atoms with Crippen LogP contribution in [0.4, 0.5) is 11.5 Å². The van der Waals surface area contributed by atoms with Gasteiger partial charge in [0.25, 0.3) is 0 Å². The molecule has 0 aliphatic heterocycles. The van der Waals surface area contributed by atoms with Crippen LogP contribution in [0, 0.1) is 6.92 Å². The molecule has 0 unspecified atom stereocenters. The van der Waals surface area contributed by atoms with Crippen LogP contribution in [0.1, 0.15) is 12.5 Å². The van der Waals surface area contributed by atoms with E-state index in [1.165, 1.54) is 6.33 Å². The Labute approximate surface area is 149 Å². The van der Waals surface area contributed by atoms with Crippen LogP contribution in [0.2, 0.25) is 5.02 Å². The molecule has 0 aliphatic carbocycles. The van der Waals surface area contributed by atoms with Gasteiger partial charge < -0.3 is 10.2 Å². The summed E-state index contributed by atoms with van der Waals surface area (Å²) in [7, 11) is 0. The molecule has 3 rings (SSSR count). The maximum atomic E-state index is 12.5. The monoisotopic (exact) mass is 360 g/mol. The molecule has 1 aromatic carbocycles. The third-order valence-corrected chi connectivity index (χ3v) is 4.79. The summed E-state index contributed by atoms with van der Waals surface area (Å²) in [6.45, 7) is 4.81. The highest BCUT2D eigenvalue weighted by Gasteiger charge is 2.15. The lowest BCUT2D eigenvalue weighted by atomic mass is 10.2. The van der Waals surface area contributed by atoms with Crippen molar-refractivity contribution in [3.05, 3.63) is 46.6 Å². The van der Waals surface area contributed by atoms with E-state index in [0.717, 1.165) is 27.3 Å². The number of aromatic nitrogens is 2. The molecular formula is C17H17ClN4OS. The summed E-state index contributed by atoms with van der Waals surface area (Å²) < 4.78 is 0. The van der Waals surface area contributed by atoms with E-state index in [9.17, 15) is 4.79 Å². The topological polar surface area (TPSA) is 58.1 Å². The quantitative estimate of drug-likeness (QED) is 0.743. The molecule has 1 N–H and O–H groups in total. The summed E-state index contributed by atoms with van der Waals surface area (Å²) in [5, 5.41) is 6.46. The van der Waals surface area contributed by atoms with Crippen LogP contribution >= 0.6 is 22.9 Å². The molecule has 0 aliphatic rings. The van der Waals surface area contributed by atoms with E-state index < -0.39 is 0 Å². The number of nitrogens with one attached hydrogen (secondary N) is 1. The second-order valence-electron chi connectivity index (χ2n) is 5.36. The van der Waals surface area contributed by atoms with E-state index in [1.54, 1.807) is 23.5 Å². The largest absolute Gasteiger partial charge is 0.347 e. The molecule has 2 aromatic heterocycles. The van der Waals surface area contributed by atoms with E-state index in [-0.39, 0.29) is 12.5 Å². The fourth-order valence-corrected chi connectivity index (χ4v) is 3.36. The average molecular weight is 361 g/mol. The number of benzene rings is 1. The summed E-state index contributed by atoms with van der Waals surface area (Å²) in [5.41, 5.74) is 1.70. The van der Waals surface area contributed by atoms with Crippen molar-refractivity contribution in [2.45, 2.75) is 13.8 Å². The molecule has 124 valence electrons. The third-order valence-electron chi connectivity index (χ3n) is 3.73. The Hall–Kier alpha value is -2.18. The Morgan fingerprint density at radius 3 is 2.96 bits per heavy atom. The summed E-state index contributed by atoms with van der Waals surface area (Å²) in [5.74, 6) is 0.672. The summed E-state index contributed by atoms with van der Waals surface area (Å²) >= 11 is 7.57. The Morgan fingerprint density at radius 2 is 2.17 bits per heavy atom. The van der Waals surface area contributed by atoms with Crippen molar-refractivity contribution in [3.8, 4) is 0 Å². The van der Waals surface area contributed by atoms with Crippen molar-refractivity contribution < 1.29 is 4.79 Å². The minimum atomic E-state index is -0.107. The number of aryl methyl sites for hydroxylation is 1. The molecule has 0 fully saturated rings. The van der Waals surface area contributed by atoms with Gasteiger partial charge in [-0.1, -0.05) is 17.7 Å². The van der Waals surface area contributed by atoms with Crippen molar-refractivity contribution >= 4 is 50.6 Å². The average Bonchev–Trinajstić information content (AvgIpc) is 3.05. The van der Waals surface area contributed by atoms with Crippen LogP contribution in [0.3, 0.4) is 0 Å². The van der Waals surface area contributed by atoms with Gasteiger partial charge in [0.15, 0.2) is 0 Å². The number of hydrogen-bond acceptors (Lipinski definition) is 5. The van der Waals surface area contributed by atoms with Gasteiger partial charge in [-0.15, -0.1) is 11.3 Å². The van der Waals surface area contributed by atoms with Gasteiger partial charge in [0.2, 0.25) is 5.91 Å². The standard InChI is InChI=1S/C17H17ClN4OS/c1-3-22(16-13-6-7-24-17(13)20-10-19-16)9-15(23)21-14-8-12(18)5-4-11(14)2/h4-8,10H,3,9H2,1-2H3,(H,21,23). The molecule has 0 bridgehead atoms. The van der Waals surface area contributed by atoms with Crippen LogP contribution in [0.25, 0.3) is 10.2 Å². The first-order valence-corrected chi connectivity index (χ1v) is 8.83. The molecule has 3 aromatic rings. The zero-order chi connectivity index (χ0) is 17.1. The lowest BCUT2D eigenvalue weighted by molar-refractivity contribution is -0.115. The molecule has 0 atom stereocenters. The summed E-state index contributed by atoms with van der Waals surface area (Å²) in [6, 6.07) is 7.43. The molecule has 5 nitrogen and oxygen atoms in total. The fraction of sp³-hybridized carbons (Fsp3) is 0.235. The first-order valence-electron chi connectivity index (χ1n) is 7.57. The van der Waals surface area contributed by atoms with Gasteiger partial charge in [0.05, 0.1) is 11.9 Å². The molecular weight excluding hydrogens is 344 g/mol. The van der Waals surface area contributed by atoms with Crippen molar-refractivity contribution in [2.24, 2.45) is 0 Å². The summed E-state index contributed by atoms with van der Waals surface area (Å²) in [4.78, 5) is 23.9. The van der Waals surface area contributed by atoms with E-state index in [4.69, 9.17) is 11.6 Å². The minimum absolute atomic E-state index is 0.107. The van der Waals surface area contributed by atoms with Crippen LogP contribution in [0.5, 0.6) is 0 Å². The molecule has 24 heavy (non-hydrogen) atoms. The van der Waals surface area contributed by atoms with Crippen LogP contribution in [-0.4, -0.2) is 29.0 Å². The Morgan fingerprint density at radius 1 is 1.33 bits per heavy atom. The highest BCUT2D eigenvalue weighted by atomic mass is 35.5. The van der Waals surface area contributed by atoms with Gasteiger partial charge in [0.1, 0.15) is 17.0 Å². The van der Waals surface area contributed by atoms with Gasteiger partial charge in [-0.25, -0.2) is 9.97 Å². The SMILES string of the molecule is CCN(CC(=O)Nc1cc(Cl)ccc1C)c1ncnc2sccc12. The number of fused-ring (bicyclic) bond motifs is 1. The Kier molecular flexibility index (Phi) is 4.97. The van der Waals surface area contributed by atoms with E-state index in [0.29, 0.717) is 11.6 Å². The highest BCUT2D eigenvalue weighted by molar-refractivity contribution is 7.16. The molecule has 2 heterocycles. The second kappa shape index (κ2) is 7.15. The molecule has 0 spiro atoms. The number of anilines is 2. The van der Waals surface area contributed by atoms with E-state index in [2.05, 4.69) is 15.3 Å². The Balaban J connectivity index is 1.79. The smallest absolute Gasteiger partial charge is 0.243 e. The lowest BCUT2D eigenvalue weighted by Crippen LogP contribution is -2.34. The normalized spacial score (nSPS) is 10.8. The molecule has 0 saturated carbocycles. The maximum Gasteiger partial charge on any atom is 0.243 e. The van der Waals surface area contributed by atoms with Gasteiger partial charge >= 0.3 is 0 Å². The zero-order valence-corrected chi connectivity index (χ0v) is 15.0. The number of amides is 1. The van der Waals surface area contributed by atoms with Crippen LogP contribution in [-0.2, 0) is 4.79 Å². The van der Waals surface area contributed by atoms with Gasteiger partial charge in [-0.3, -0.25) is 4.79 Å².